The normalized spacial score (nSPS) is 18.0. The van der Waals surface area contributed by atoms with Crippen LogP contribution >= 0.6 is 0 Å². The number of rotatable bonds is 6. The number of nitrogens with one attached hydrogen (secondary N) is 1. The highest BCUT2D eigenvalue weighted by Crippen LogP contribution is 2.26. The SMILES string of the molecule is Cc1oc(C(=O)NCc2ccnc(N3CCOCC3)c2)cc1S(=O)(=O)N1CCCC1. The van der Waals surface area contributed by atoms with Crippen LogP contribution in [0.15, 0.2) is 33.7 Å². The number of ether oxygens (including phenoxy) is 1. The molecule has 2 aliphatic rings. The van der Waals surface area contributed by atoms with Crippen LogP contribution in [0.25, 0.3) is 0 Å². The number of hydrogen-bond acceptors (Lipinski definition) is 7. The number of sulfonamides is 1. The van der Waals surface area contributed by atoms with Gasteiger partial charge in [-0.2, -0.15) is 4.31 Å². The van der Waals surface area contributed by atoms with Gasteiger partial charge in [0.25, 0.3) is 5.91 Å². The molecule has 0 bridgehead atoms. The number of morpholine rings is 1. The van der Waals surface area contributed by atoms with Crippen LogP contribution in [-0.2, 0) is 21.3 Å². The van der Waals surface area contributed by atoms with Crippen LogP contribution in [0.1, 0.15) is 34.7 Å². The monoisotopic (exact) mass is 434 g/mol. The molecule has 0 saturated carbocycles. The van der Waals surface area contributed by atoms with Crippen molar-refractivity contribution in [3.63, 3.8) is 0 Å². The molecule has 4 heterocycles. The molecule has 9 nitrogen and oxygen atoms in total. The summed E-state index contributed by atoms with van der Waals surface area (Å²) in [6.45, 7) is 5.76. The average molecular weight is 435 g/mol. The lowest BCUT2D eigenvalue weighted by atomic mass is 10.2. The summed E-state index contributed by atoms with van der Waals surface area (Å²) < 4.78 is 37.8. The van der Waals surface area contributed by atoms with E-state index in [1.54, 1.807) is 13.1 Å². The summed E-state index contributed by atoms with van der Waals surface area (Å²) in [6.07, 6.45) is 3.41. The van der Waals surface area contributed by atoms with Gasteiger partial charge < -0.3 is 19.4 Å². The van der Waals surface area contributed by atoms with Crippen molar-refractivity contribution in [2.24, 2.45) is 0 Å². The van der Waals surface area contributed by atoms with E-state index in [0.717, 1.165) is 37.3 Å². The number of nitrogens with zero attached hydrogens (tertiary/aromatic N) is 3. The predicted octanol–water partition coefficient (Wildman–Crippen LogP) is 1.53. The van der Waals surface area contributed by atoms with E-state index < -0.39 is 15.9 Å². The van der Waals surface area contributed by atoms with E-state index in [9.17, 15) is 13.2 Å². The Bertz CT molecular complexity index is 1010. The molecule has 0 aliphatic carbocycles. The summed E-state index contributed by atoms with van der Waals surface area (Å²) in [6, 6.07) is 5.09. The Morgan fingerprint density at radius 3 is 2.63 bits per heavy atom. The molecule has 162 valence electrons. The summed E-state index contributed by atoms with van der Waals surface area (Å²) in [7, 11) is -3.63. The zero-order chi connectivity index (χ0) is 21.1. The lowest BCUT2D eigenvalue weighted by Gasteiger charge is -2.28. The topological polar surface area (TPSA) is 105 Å². The Hall–Kier alpha value is -2.43. The molecule has 2 aromatic heterocycles. The fourth-order valence-electron chi connectivity index (χ4n) is 3.71. The third-order valence-corrected chi connectivity index (χ3v) is 7.38. The van der Waals surface area contributed by atoms with Gasteiger partial charge in [0.05, 0.1) is 13.2 Å². The van der Waals surface area contributed by atoms with E-state index >= 15 is 0 Å². The van der Waals surface area contributed by atoms with Crippen molar-refractivity contribution < 1.29 is 22.4 Å². The molecule has 2 aliphatic heterocycles. The van der Waals surface area contributed by atoms with Gasteiger partial charge in [0.2, 0.25) is 10.0 Å². The summed E-state index contributed by atoms with van der Waals surface area (Å²) in [5, 5.41) is 2.79. The van der Waals surface area contributed by atoms with Crippen molar-refractivity contribution in [3.05, 3.63) is 41.5 Å². The third-order valence-electron chi connectivity index (χ3n) is 5.38. The maximum atomic E-state index is 12.8. The molecule has 0 spiro atoms. The molecule has 10 heteroatoms. The Morgan fingerprint density at radius 2 is 1.90 bits per heavy atom. The number of carbonyl (C=O) groups excluding carboxylic acids is 1. The van der Waals surface area contributed by atoms with Crippen molar-refractivity contribution in [1.82, 2.24) is 14.6 Å². The van der Waals surface area contributed by atoms with E-state index in [4.69, 9.17) is 9.15 Å². The minimum absolute atomic E-state index is 0.00673. The molecule has 2 fully saturated rings. The minimum Gasteiger partial charge on any atom is -0.455 e. The standard InChI is InChI=1S/C20H26N4O5S/c1-15-18(30(26,27)24-6-2-3-7-24)13-17(29-15)20(25)22-14-16-4-5-21-19(12-16)23-8-10-28-11-9-23/h4-5,12-13H,2-3,6-11,14H2,1H3,(H,22,25). The van der Waals surface area contributed by atoms with E-state index in [2.05, 4.69) is 15.2 Å². The van der Waals surface area contributed by atoms with E-state index in [1.807, 2.05) is 12.1 Å². The van der Waals surface area contributed by atoms with Gasteiger partial charge in [-0.3, -0.25) is 4.79 Å². The second kappa shape index (κ2) is 8.75. The van der Waals surface area contributed by atoms with Crippen LogP contribution in [0.3, 0.4) is 0 Å². The first-order valence-corrected chi connectivity index (χ1v) is 11.6. The molecule has 4 rings (SSSR count). The van der Waals surface area contributed by atoms with Crippen LogP contribution in [0.5, 0.6) is 0 Å². The number of hydrogen-bond donors (Lipinski definition) is 1. The average Bonchev–Trinajstić information content (AvgIpc) is 3.44. The Kier molecular flexibility index (Phi) is 6.07. The first kappa shape index (κ1) is 20.8. The fraction of sp³-hybridized carbons (Fsp3) is 0.500. The molecular weight excluding hydrogens is 408 g/mol. The number of aryl methyl sites for hydroxylation is 1. The number of carbonyl (C=O) groups is 1. The first-order chi connectivity index (χ1) is 14.4. The molecule has 0 unspecified atom stereocenters. The summed E-state index contributed by atoms with van der Waals surface area (Å²) in [5.41, 5.74) is 0.896. The number of anilines is 1. The van der Waals surface area contributed by atoms with Crippen LogP contribution in [0.4, 0.5) is 5.82 Å². The van der Waals surface area contributed by atoms with E-state index in [1.165, 1.54) is 10.4 Å². The van der Waals surface area contributed by atoms with Gasteiger partial charge in [-0.25, -0.2) is 13.4 Å². The van der Waals surface area contributed by atoms with Crippen molar-refractivity contribution in [1.29, 1.82) is 0 Å². The van der Waals surface area contributed by atoms with Crippen molar-refractivity contribution in [3.8, 4) is 0 Å². The number of aromatic nitrogens is 1. The quantitative estimate of drug-likeness (QED) is 0.735. The van der Waals surface area contributed by atoms with Crippen molar-refractivity contribution in [2.75, 3.05) is 44.3 Å². The number of pyridine rings is 1. The molecule has 2 aromatic rings. The highest BCUT2D eigenvalue weighted by Gasteiger charge is 2.31. The highest BCUT2D eigenvalue weighted by atomic mass is 32.2. The van der Waals surface area contributed by atoms with Gasteiger partial charge in [-0.05, 0) is 37.5 Å². The minimum atomic E-state index is -3.63. The lowest BCUT2D eigenvalue weighted by molar-refractivity contribution is 0.0922. The molecule has 2 saturated heterocycles. The molecule has 30 heavy (non-hydrogen) atoms. The lowest BCUT2D eigenvalue weighted by Crippen LogP contribution is -2.36. The van der Waals surface area contributed by atoms with Crippen LogP contribution in [0, 0.1) is 6.92 Å². The predicted molar refractivity (Wildman–Crippen MR) is 110 cm³/mol. The highest BCUT2D eigenvalue weighted by molar-refractivity contribution is 7.89. The molecule has 1 amide bonds. The fourth-order valence-corrected chi connectivity index (χ4v) is 5.38. The maximum Gasteiger partial charge on any atom is 0.287 e. The van der Waals surface area contributed by atoms with E-state index in [-0.39, 0.29) is 23.0 Å². The second-order valence-electron chi connectivity index (χ2n) is 7.45. The number of amides is 1. The molecule has 0 aromatic carbocycles. The van der Waals surface area contributed by atoms with Crippen molar-refractivity contribution in [2.45, 2.75) is 31.2 Å². The van der Waals surface area contributed by atoms with Gasteiger partial charge in [0.15, 0.2) is 5.76 Å². The third kappa shape index (κ3) is 4.35. The zero-order valence-corrected chi connectivity index (χ0v) is 17.8. The zero-order valence-electron chi connectivity index (χ0n) is 17.0. The van der Waals surface area contributed by atoms with Gasteiger partial charge in [-0.1, -0.05) is 0 Å². The van der Waals surface area contributed by atoms with Gasteiger partial charge in [0, 0.05) is 45.0 Å². The summed E-state index contributed by atoms with van der Waals surface area (Å²) in [5.74, 6) is 0.613. The van der Waals surface area contributed by atoms with Gasteiger partial charge >= 0.3 is 0 Å². The van der Waals surface area contributed by atoms with E-state index in [0.29, 0.717) is 26.3 Å². The molecular formula is C20H26N4O5S. The van der Waals surface area contributed by atoms with Gasteiger partial charge in [0.1, 0.15) is 16.5 Å². The van der Waals surface area contributed by atoms with Crippen LogP contribution in [0.2, 0.25) is 0 Å². The van der Waals surface area contributed by atoms with Crippen LogP contribution < -0.4 is 10.2 Å². The number of furan rings is 1. The van der Waals surface area contributed by atoms with Crippen molar-refractivity contribution >= 4 is 21.7 Å². The maximum absolute atomic E-state index is 12.8. The first-order valence-electron chi connectivity index (χ1n) is 10.1. The van der Waals surface area contributed by atoms with Gasteiger partial charge in [-0.15, -0.1) is 0 Å². The Labute approximate surface area is 176 Å². The van der Waals surface area contributed by atoms with Crippen LogP contribution in [-0.4, -0.2) is 63.0 Å². The molecule has 1 N–H and O–H groups in total. The Balaban J connectivity index is 1.42. The second-order valence-corrected chi connectivity index (χ2v) is 9.35. The smallest absolute Gasteiger partial charge is 0.287 e. The Morgan fingerprint density at radius 1 is 1.17 bits per heavy atom. The summed E-state index contributed by atoms with van der Waals surface area (Å²) >= 11 is 0. The summed E-state index contributed by atoms with van der Waals surface area (Å²) in [4.78, 5) is 19.2. The molecule has 0 radical (unpaired) electrons. The molecule has 0 atom stereocenters. The largest absolute Gasteiger partial charge is 0.455 e.